The molecule has 1 aromatic carbocycles. The molecule has 70 valence electrons. The van der Waals surface area contributed by atoms with Crippen molar-refractivity contribution in [2.45, 2.75) is 18.7 Å². The molecular formula is C11H14OS. The van der Waals surface area contributed by atoms with Gasteiger partial charge in [-0.1, -0.05) is 6.58 Å². The van der Waals surface area contributed by atoms with E-state index in [4.69, 9.17) is 4.74 Å². The molecule has 2 heteroatoms. The zero-order valence-electron chi connectivity index (χ0n) is 8.00. The fourth-order valence-electron chi connectivity index (χ4n) is 0.996. The maximum atomic E-state index is 5.52. The van der Waals surface area contributed by atoms with E-state index in [0.29, 0.717) is 6.61 Å². The quantitative estimate of drug-likeness (QED) is 0.574. The van der Waals surface area contributed by atoms with Crippen LogP contribution in [-0.4, -0.2) is 6.61 Å². The Kier molecular flexibility index (Phi) is 3.43. The summed E-state index contributed by atoms with van der Waals surface area (Å²) in [4.78, 5) is 0.958. The zero-order valence-corrected chi connectivity index (χ0v) is 8.90. The van der Waals surface area contributed by atoms with E-state index in [0.717, 1.165) is 21.8 Å². The van der Waals surface area contributed by atoms with Gasteiger partial charge in [0.2, 0.25) is 0 Å². The minimum Gasteiger partial charge on any atom is -0.489 e. The van der Waals surface area contributed by atoms with E-state index >= 15 is 0 Å². The summed E-state index contributed by atoms with van der Waals surface area (Å²) in [7, 11) is 0. The molecule has 13 heavy (non-hydrogen) atoms. The summed E-state index contributed by atoms with van der Waals surface area (Å²) in [5.74, 6) is 0.904. The van der Waals surface area contributed by atoms with Crippen LogP contribution in [0, 0.1) is 6.92 Å². The van der Waals surface area contributed by atoms with Gasteiger partial charge in [0.25, 0.3) is 0 Å². The van der Waals surface area contributed by atoms with Crippen LogP contribution in [0.3, 0.4) is 0 Å². The lowest BCUT2D eigenvalue weighted by Gasteiger charge is -2.08. The number of ether oxygens (including phenoxy) is 1. The van der Waals surface area contributed by atoms with Gasteiger partial charge >= 0.3 is 0 Å². The predicted octanol–water partition coefficient (Wildman–Crippen LogP) is 3.24. The summed E-state index contributed by atoms with van der Waals surface area (Å²) >= 11 is 4.24. The average molecular weight is 194 g/mol. The molecule has 0 radical (unpaired) electrons. The van der Waals surface area contributed by atoms with E-state index in [1.54, 1.807) is 0 Å². The van der Waals surface area contributed by atoms with Crippen molar-refractivity contribution in [3.05, 3.63) is 35.9 Å². The molecule has 0 aromatic heterocycles. The molecule has 0 bridgehead atoms. The van der Waals surface area contributed by atoms with Gasteiger partial charge in [-0.05, 0) is 43.2 Å². The second-order valence-corrected chi connectivity index (χ2v) is 3.71. The van der Waals surface area contributed by atoms with Gasteiger partial charge in [0.1, 0.15) is 12.4 Å². The smallest absolute Gasteiger partial charge is 0.122 e. The highest BCUT2D eigenvalue weighted by atomic mass is 32.1. The number of hydrogen-bond donors (Lipinski definition) is 1. The Labute approximate surface area is 84.8 Å². The highest BCUT2D eigenvalue weighted by molar-refractivity contribution is 7.80. The van der Waals surface area contributed by atoms with Crippen molar-refractivity contribution >= 4 is 12.6 Å². The number of aryl methyl sites for hydroxylation is 1. The van der Waals surface area contributed by atoms with E-state index in [9.17, 15) is 0 Å². The first kappa shape index (κ1) is 10.2. The summed E-state index contributed by atoms with van der Waals surface area (Å²) < 4.78 is 5.52. The zero-order chi connectivity index (χ0) is 9.84. The molecule has 0 saturated heterocycles. The molecule has 0 aliphatic heterocycles. The summed E-state index contributed by atoms with van der Waals surface area (Å²) in [6, 6.07) is 5.83. The Balaban J connectivity index is 2.72. The lowest BCUT2D eigenvalue weighted by atomic mass is 10.2. The molecule has 0 amide bonds. The number of rotatable bonds is 3. The second kappa shape index (κ2) is 4.38. The largest absolute Gasteiger partial charge is 0.489 e. The van der Waals surface area contributed by atoms with Crippen LogP contribution in [0.15, 0.2) is 35.2 Å². The third-order valence-electron chi connectivity index (χ3n) is 1.63. The van der Waals surface area contributed by atoms with Crippen LogP contribution in [0.2, 0.25) is 0 Å². The normalized spacial score (nSPS) is 9.77. The molecule has 0 fully saturated rings. The van der Waals surface area contributed by atoms with Crippen LogP contribution in [0.5, 0.6) is 5.75 Å². The molecular weight excluding hydrogens is 180 g/mol. The minimum absolute atomic E-state index is 0.576. The van der Waals surface area contributed by atoms with Gasteiger partial charge < -0.3 is 4.74 Å². The van der Waals surface area contributed by atoms with Crippen LogP contribution >= 0.6 is 12.6 Å². The number of hydrogen-bond acceptors (Lipinski definition) is 2. The third-order valence-corrected chi connectivity index (χ3v) is 1.91. The van der Waals surface area contributed by atoms with Crippen LogP contribution in [0.1, 0.15) is 12.5 Å². The molecule has 0 aliphatic rings. The van der Waals surface area contributed by atoms with Crippen LogP contribution < -0.4 is 4.74 Å². The predicted molar refractivity (Wildman–Crippen MR) is 58.7 cm³/mol. The van der Waals surface area contributed by atoms with Gasteiger partial charge in [0.15, 0.2) is 0 Å². The van der Waals surface area contributed by atoms with Gasteiger partial charge in [-0.15, -0.1) is 12.6 Å². The summed E-state index contributed by atoms with van der Waals surface area (Å²) in [5.41, 5.74) is 2.13. The highest BCUT2D eigenvalue weighted by Crippen LogP contribution is 2.21. The van der Waals surface area contributed by atoms with Gasteiger partial charge in [-0.2, -0.15) is 0 Å². The Morgan fingerprint density at radius 1 is 1.54 bits per heavy atom. The van der Waals surface area contributed by atoms with Crippen molar-refractivity contribution < 1.29 is 4.74 Å². The molecule has 1 aromatic rings. The lowest BCUT2D eigenvalue weighted by molar-refractivity contribution is 0.350. The molecule has 0 unspecified atom stereocenters. The first-order valence-electron chi connectivity index (χ1n) is 4.16. The fraction of sp³-hybridized carbons (Fsp3) is 0.273. The Morgan fingerprint density at radius 3 is 2.77 bits per heavy atom. The van der Waals surface area contributed by atoms with Crippen molar-refractivity contribution in [2.75, 3.05) is 6.61 Å². The maximum Gasteiger partial charge on any atom is 0.122 e. The molecule has 0 heterocycles. The standard InChI is InChI=1S/C11H14OS/c1-8(2)7-12-11-5-4-10(13)6-9(11)3/h4-6,13H,1,7H2,2-3H3. The van der Waals surface area contributed by atoms with E-state index in [2.05, 4.69) is 19.2 Å². The Morgan fingerprint density at radius 2 is 2.23 bits per heavy atom. The molecule has 0 aliphatic carbocycles. The number of thiol groups is 1. The Bertz CT molecular complexity index is 318. The minimum atomic E-state index is 0.576. The third kappa shape index (κ3) is 3.15. The van der Waals surface area contributed by atoms with Gasteiger partial charge in [0, 0.05) is 4.90 Å². The topological polar surface area (TPSA) is 9.23 Å². The van der Waals surface area contributed by atoms with Crippen LogP contribution in [0.25, 0.3) is 0 Å². The maximum absolute atomic E-state index is 5.52. The summed E-state index contributed by atoms with van der Waals surface area (Å²) in [5, 5.41) is 0. The highest BCUT2D eigenvalue weighted by Gasteiger charge is 1.98. The van der Waals surface area contributed by atoms with Crippen molar-refractivity contribution in [2.24, 2.45) is 0 Å². The molecule has 0 saturated carbocycles. The van der Waals surface area contributed by atoms with E-state index in [1.165, 1.54) is 0 Å². The summed E-state index contributed by atoms with van der Waals surface area (Å²) in [6.07, 6.45) is 0. The average Bonchev–Trinajstić information content (AvgIpc) is 2.02. The van der Waals surface area contributed by atoms with Gasteiger partial charge in [-0.25, -0.2) is 0 Å². The van der Waals surface area contributed by atoms with Crippen molar-refractivity contribution in [3.63, 3.8) is 0 Å². The van der Waals surface area contributed by atoms with Gasteiger partial charge in [-0.3, -0.25) is 0 Å². The molecule has 1 rings (SSSR count). The summed E-state index contributed by atoms with van der Waals surface area (Å²) in [6.45, 7) is 8.31. The molecule has 0 atom stereocenters. The lowest BCUT2D eigenvalue weighted by Crippen LogP contribution is -1.98. The first-order valence-corrected chi connectivity index (χ1v) is 4.61. The van der Waals surface area contributed by atoms with Crippen molar-refractivity contribution in [1.29, 1.82) is 0 Å². The monoisotopic (exact) mass is 194 g/mol. The van der Waals surface area contributed by atoms with E-state index in [1.807, 2.05) is 32.0 Å². The SMILES string of the molecule is C=C(C)COc1ccc(S)cc1C. The van der Waals surface area contributed by atoms with Crippen molar-refractivity contribution in [3.8, 4) is 5.75 Å². The molecule has 0 N–H and O–H groups in total. The van der Waals surface area contributed by atoms with Gasteiger partial charge in [0.05, 0.1) is 0 Å². The van der Waals surface area contributed by atoms with E-state index in [-0.39, 0.29) is 0 Å². The first-order chi connectivity index (χ1) is 6.09. The molecule has 1 nitrogen and oxygen atoms in total. The van der Waals surface area contributed by atoms with Crippen LogP contribution in [0.4, 0.5) is 0 Å². The molecule has 0 spiro atoms. The second-order valence-electron chi connectivity index (χ2n) is 3.20. The van der Waals surface area contributed by atoms with Crippen molar-refractivity contribution in [1.82, 2.24) is 0 Å². The fourth-order valence-corrected chi connectivity index (χ4v) is 1.26. The van der Waals surface area contributed by atoms with E-state index < -0.39 is 0 Å². The Hall–Kier alpha value is -0.890. The van der Waals surface area contributed by atoms with Crippen LogP contribution in [-0.2, 0) is 0 Å². The number of benzene rings is 1.